The van der Waals surface area contributed by atoms with Gasteiger partial charge in [0, 0.05) is 58.2 Å². The van der Waals surface area contributed by atoms with Crippen molar-refractivity contribution in [1.29, 1.82) is 0 Å². The smallest absolute Gasteiger partial charge is 0.244 e. The van der Waals surface area contributed by atoms with Crippen molar-refractivity contribution in [3.63, 3.8) is 0 Å². The van der Waals surface area contributed by atoms with Gasteiger partial charge in [-0.25, -0.2) is 12.7 Å². The predicted octanol–water partition coefficient (Wildman–Crippen LogP) is 3.46. The normalized spacial score (nSPS) is 14.7. The molecule has 12 heteroatoms. The van der Waals surface area contributed by atoms with Gasteiger partial charge >= 0.3 is 0 Å². The number of aromatic nitrogens is 3. The third-order valence-corrected chi connectivity index (χ3v) is 8.49. The number of methoxy groups -OCH3 is 1. The van der Waals surface area contributed by atoms with Gasteiger partial charge in [0.05, 0.1) is 23.9 Å². The molecular weight excluding hydrogens is 504 g/mol. The molecule has 5 rings (SSSR count). The summed E-state index contributed by atoms with van der Waals surface area (Å²) >= 11 is 0. The van der Waals surface area contributed by atoms with Crippen molar-refractivity contribution >= 4 is 49.9 Å². The maximum absolute atomic E-state index is 12.9. The van der Waals surface area contributed by atoms with E-state index in [0.29, 0.717) is 28.9 Å². The number of benzene rings is 2. The van der Waals surface area contributed by atoms with Crippen molar-refractivity contribution in [2.75, 3.05) is 70.0 Å². The maximum atomic E-state index is 12.9. The van der Waals surface area contributed by atoms with Crippen molar-refractivity contribution in [1.82, 2.24) is 24.2 Å². The van der Waals surface area contributed by atoms with Crippen LogP contribution in [0.5, 0.6) is 5.75 Å². The second kappa shape index (κ2) is 10.5. The van der Waals surface area contributed by atoms with E-state index in [4.69, 9.17) is 9.72 Å². The number of aromatic amines is 1. The van der Waals surface area contributed by atoms with E-state index in [1.807, 2.05) is 18.2 Å². The third-order valence-electron chi connectivity index (χ3n) is 6.61. The van der Waals surface area contributed by atoms with E-state index in [-0.39, 0.29) is 4.90 Å². The van der Waals surface area contributed by atoms with E-state index in [1.54, 1.807) is 37.6 Å². The van der Waals surface area contributed by atoms with Crippen LogP contribution in [-0.4, -0.2) is 87.0 Å². The fourth-order valence-corrected chi connectivity index (χ4v) is 5.42. The average Bonchev–Trinajstić information content (AvgIpc) is 3.39. The highest BCUT2D eigenvalue weighted by molar-refractivity contribution is 7.89. The molecule has 1 saturated heterocycles. The minimum Gasteiger partial charge on any atom is -0.494 e. The van der Waals surface area contributed by atoms with Crippen LogP contribution in [-0.2, 0) is 10.0 Å². The number of likely N-dealkylation sites (N-methyl/N-ethyl adjacent to an activating group) is 1. The Kier molecular flexibility index (Phi) is 7.11. The quantitative estimate of drug-likeness (QED) is 0.311. The molecule has 2 aromatic heterocycles. The summed E-state index contributed by atoms with van der Waals surface area (Å²) in [5, 5.41) is 7.21. The van der Waals surface area contributed by atoms with Crippen LogP contribution in [0.2, 0.25) is 0 Å². The van der Waals surface area contributed by atoms with E-state index in [2.05, 4.69) is 43.5 Å². The van der Waals surface area contributed by atoms with E-state index in [0.717, 1.165) is 42.9 Å². The second-order valence-electron chi connectivity index (χ2n) is 9.34. The molecule has 3 N–H and O–H groups in total. The van der Waals surface area contributed by atoms with Crippen LogP contribution in [0.1, 0.15) is 0 Å². The SMILES string of the molecule is COc1cc(N2CCN(C)CC2)ccc1Nc1nc(Nc2ccccc2S(=O)(=O)N(C)C)c2cc[nH]c2n1. The van der Waals surface area contributed by atoms with Gasteiger partial charge in [-0.1, -0.05) is 12.1 Å². The van der Waals surface area contributed by atoms with E-state index >= 15 is 0 Å². The summed E-state index contributed by atoms with van der Waals surface area (Å²) in [5.74, 6) is 1.47. The standard InChI is InChI=1S/C26H32N8O3S/c1-32(2)38(35,36)23-8-6-5-7-21(23)28-25-19-11-12-27-24(19)30-26(31-25)29-20-10-9-18(17-22(20)37-4)34-15-13-33(3)14-16-34/h5-12,17H,13-16H2,1-4H3,(H3,27,28,29,30,31). The first kappa shape index (κ1) is 25.8. The lowest BCUT2D eigenvalue weighted by atomic mass is 10.2. The van der Waals surface area contributed by atoms with Gasteiger partial charge in [-0.15, -0.1) is 0 Å². The zero-order valence-corrected chi connectivity index (χ0v) is 22.7. The Labute approximate surface area is 222 Å². The lowest BCUT2D eigenvalue weighted by Gasteiger charge is -2.34. The minimum atomic E-state index is -3.67. The van der Waals surface area contributed by atoms with Gasteiger partial charge in [0.2, 0.25) is 16.0 Å². The first-order valence-electron chi connectivity index (χ1n) is 12.3. The number of sulfonamides is 1. The Bertz CT molecular complexity index is 1550. The van der Waals surface area contributed by atoms with Gasteiger partial charge in [0.1, 0.15) is 22.1 Å². The Morgan fingerprint density at radius 2 is 1.74 bits per heavy atom. The summed E-state index contributed by atoms with van der Waals surface area (Å²) in [4.78, 5) is 17.2. The van der Waals surface area contributed by atoms with Crippen LogP contribution in [0.4, 0.5) is 28.8 Å². The highest BCUT2D eigenvalue weighted by atomic mass is 32.2. The summed E-state index contributed by atoms with van der Waals surface area (Å²) in [5.41, 5.74) is 2.84. The van der Waals surface area contributed by atoms with Gasteiger partial charge in [-0.3, -0.25) is 0 Å². The van der Waals surface area contributed by atoms with Gasteiger partial charge in [0.15, 0.2) is 0 Å². The number of piperazine rings is 1. The molecule has 200 valence electrons. The highest BCUT2D eigenvalue weighted by Crippen LogP contribution is 2.34. The molecule has 0 bridgehead atoms. The largest absolute Gasteiger partial charge is 0.494 e. The molecule has 0 atom stereocenters. The molecule has 0 spiro atoms. The molecule has 3 heterocycles. The zero-order chi connectivity index (χ0) is 26.9. The Hall–Kier alpha value is -3.87. The molecule has 2 aromatic carbocycles. The number of fused-ring (bicyclic) bond motifs is 1. The van der Waals surface area contributed by atoms with Crippen LogP contribution >= 0.6 is 0 Å². The van der Waals surface area contributed by atoms with Crippen LogP contribution in [0.25, 0.3) is 11.0 Å². The van der Waals surface area contributed by atoms with Gasteiger partial charge in [0.25, 0.3) is 0 Å². The number of hydrogen-bond acceptors (Lipinski definition) is 9. The number of nitrogens with zero attached hydrogens (tertiary/aromatic N) is 5. The Balaban J connectivity index is 1.46. The number of para-hydroxylation sites is 1. The summed E-state index contributed by atoms with van der Waals surface area (Å²) in [6.07, 6.45) is 1.77. The number of anilines is 5. The number of H-pyrrole nitrogens is 1. The third kappa shape index (κ3) is 5.10. The molecule has 0 amide bonds. The molecule has 0 radical (unpaired) electrons. The van der Waals surface area contributed by atoms with Crippen LogP contribution in [0, 0.1) is 0 Å². The number of ether oxygens (including phenoxy) is 1. The lowest BCUT2D eigenvalue weighted by molar-refractivity contribution is 0.312. The van der Waals surface area contributed by atoms with Gasteiger partial charge in [-0.2, -0.15) is 9.97 Å². The molecular formula is C26H32N8O3S. The van der Waals surface area contributed by atoms with Gasteiger partial charge < -0.3 is 30.2 Å². The number of hydrogen-bond donors (Lipinski definition) is 3. The van der Waals surface area contributed by atoms with Crippen molar-refractivity contribution in [2.45, 2.75) is 4.90 Å². The fraction of sp³-hybridized carbons (Fsp3) is 0.308. The fourth-order valence-electron chi connectivity index (χ4n) is 4.38. The van der Waals surface area contributed by atoms with Crippen molar-refractivity contribution in [2.24, 2.45) is 0 Å². The number of nitrogens with one attached hydrogen (secondary N) is 3. The monoisotopic (exact) mass is 536 g/mol. The van der Waals surface area contributed by atoms with Gasteiger partial charge in [-0.05, 0) is 37.4 Å². The van der Waals surface area contributed by atoms with Crippen LogP contribution < -0.4 is 20.3 Å². The van der Waals surface area contributed by atoms with Crippen LogP contribution in [0.3, 0.4) is 0 Å². The first-order chi connectivity index (χ1) is 18.3. The molecule has 0 saturated carbocycles. The molecule has 1 aliphatic heterocycles. The van der Waals surface area contributed by atoms with Crippen molar-refractivity contribution < 1.29 is 13.2 Å². The average molecular weight is 537 g/mol. The topological polar surface area (TPSA) is 119 Å². The predicted molar refractivity (Wildman–Crippen MR) is 150 cm³/mol. The Morgan fingerprint density at radius 1 is 0.974 bits per heavy atom. The Morgan fingerprint density at radius 3 is 2.47 bits per heavy atom. The van der Waals surface area contributed by atoms with E-state index < -0.39 is 10.0 Å². The van der Waals surface area contributed by atoms with Crippen molar-refractivity contribution in [3.8, 4) is 5.75 Å². The summed E-state index contributed by atoms with van der Waals surface area (Å²) in [6, 6.07) is 14.6. The molecule has 0 unspecified atom stereocenters. The zero-order valence-electron chi connectivity index (χ0n) is 21.9. The van der Waals surface area contributed by atoms with E-state index in [1.165, 1.54) is 18.4 Å². The lowest BCUT2D eigenvalue weighted by Crippen LogP contribution is -2.44. The number of rotatable bonds is 8. The molecule has 1 aliphatic rings. The maximum Gasteiger partial charge on any atom is 0.244 e. The summed E-state index contributed by atoms with van der Waals surface area (Å²) < 4.78 is 32.7. The van der Waals surface area contributed by atoms with E-state index in [9.17, 15) is 8.42 Å². The first-order valence-corrected chi connectivity index (χ1v) is 13.7. The molecule has 4 aromatic rings. The summed E-state index contributed by atoms with van der Waals surface area (Å²) in [6.45, 7) is 3.94. The van der Waals surface area contributed by atoms with Crippen LogP contribution in [0.15, 0.2) is 59.6 Å². The molecule has 11 nitrogen and oxygen atoms in total. The summed E-state index contributed by atoms with van der Waals surface area (Å²) in [7, 11) is 3.11. The molecule has 1 fully saturated rings. The highest BCUT2D eigenvalue weighted by Gasteiger charge is 2.22. The van der Waals surface area contributed by atoms with Crippen molar-refractivity contribution in [3.05, 3.63) is 54.7 Å². The second-order valence-corrected chi connectivity index (χ2v) is 11.5. The molecule has 38 heavy (non-hydrogen) atoms. The minimum absolute atomic E-state index is 0.156. The molecule has 0 aliphatic carbocycles.